The van der Waals surface area contributed by atoms with Gasteiger partial charge in [-0.1, -0.05) is 36.4 Å². The van der Waals surface area contributed by atoms with Crippen molar-refractivity contribution in [2.45, 2.75) is 6.54 Å². The van der Waals surface area contributed by atoms with Gasteiger partial charge in [0.15, 0.2) is 5.76 Å². The number of nitrogens with zero attached hydrogens (tertiary/aromatic N) is 1. The molecular formula is C14H15N3O2. The van der Waals surface area contributed by atoms with E-state index in [-0.39, 0.29) is 12.6 Å². The highest BCUT2D eigenvalue weighted by Crippen LogP contribution is 2.19. The van der Waals surface area contributed by atoms with Crippen molar-refractivity contribution in [2.75, 3.05) is 6.54 Å². The van der Waals surface area contributed by atoms with Crippen LogP contribution in [0.1, 0.15) is 5.89 Å². The highest BCUT2D eigenvalue weighted by molar-refractivity contribution is 5.73. The average molecular weight is 257 g/mol. The Balaban J connectivity index is 1.91. The van der Waals surface area contributed by atoms with Gasteiger partial charge in [-0.3, -0.25) is 0 Å². The number of nitrogens with one attached hydrogen (secondary N) is 2. The molecule has 2 aromatic rings. The van der Waals surface area contributed by atoms with E-state index in [4.69, 9.17) is 4.42 Å². The van der Waals surface area contributed by atoms with Crippen molar-refractivity contribution < 1.29 is 9.21 Å². The largest absolute Gasteiger partial charge is 0.439 e. The number of carbonyl (C=O) groups is 1. The monoisotopic (exact) mass is 257 g/mol. The molecule has 0 bridgehead atoms. The predicted molar refractivity (Wildman–Crippen MR) is 72.4 cm³/mol. The van der Waals surface area contributed by atoms with Gasteiger partial charge in [-0.05, 0) is 0 Å². The standard InChI is InChI=1S/C14H15N3O2/c1-2-8-15-14(18)17-10-13-16-9-12(19-13)11-6-4-3-5-7-11/h2-7,9H,1,8,10H2,(H2,15,17,18). The number of benzene rings is 1. The van der Waals surface area contributed by atoms with E-state index in [1.807, 2.05) is 30.3 Å². The lowest BCUT2D eigenvalue weighted by Crippen LogP contribution is -2.35. The molecule has 0 saturated carbocycles. The summed E-state index contributed by atoms with van der Waals surface area (Å²) < 4.78 is 5.55. The maximum Gasteiger partial charge on any atom is 0.315 e. The van der Waals surface area contributed by atoms with Crippen LogP contribution in [0.15, 0.2) is 53.6 Å². The van der Waals surface area contributed by atoms with Gasteiger partial charge in [-0.15, -0.1) is 6.58 Å². The molecule has 2 amide bonds. The number of amides is 2. The summed E-state index contributed by atoms with van der Waals surface area (Å²) in [5.74, 6) is 1.15. The van der Waals surface area contributed by atoms with E-state index in [1.165, 1.54) is 0 Å². The summed E-state index contributed by atoms with van der Waals surface area (Å²) in [6.45, 7) is 4.18. The Bertz CT molecular complexity index is 549. The molecule has 1 aromatic heterocycles. The smallest absolute Gasteiger partial charge is 0.315 e. The zero-order chi connectivity index (χ0) is 13.5. The van der Waals surface area contributed by atoms with Crippen LogP contribution in [0.2, 0.25) is 0 Å². The minimum atomic E-state index is -0.278. The lowest BCUT2D eigenvalue weighted by molar-refractivity contribution is 0.240. The molecule has 0 aliphatic carbocycles. The third-order valence-corrected chi connectivity index (χ3v) is 2.42. The Morgan fingerprint density at radius 1 is 1.32 bits per heavy atom. The molecule has 0 unspecified atom stereocenters. The first-order valence-electron chi connectivity index (χ1n) is 5.92. The maximum absolute atomic E-state index is 11.3. The second-order valence-corrected chi connectivity index (χ2v) is 3.84. The molecule has 0 atom stereocenters. The Morgan fingerprint density at radius 3 is 2.84 bits per heavy atom. The number of oxazole rings is 1. The first-order valence-corrected chi connectivity index (χ1v) is 5.92. The summed E-state index contributed by atoms with van der Waals surface area (Å²) in [4.78, 5) is 15.4. The van der Waals surface area contributed by atoms with E-state index in [1.54, 1.807) is 12.3 Å². The summed E-state index contributed by atoms with van der Waals surface area (Å²) >= 11 is 0. The fourth-order valence-electron chi connectivity index (χ4n) is 1.51. The molecule has 1 aromatic carbocycles. The van der Waals surface area contributed by atoms with Crippen molar-refractivity contribution in [2.24, 2.45) is 0 Å². The highest BCUT2D eigenvalue weighted by atomic mass is 16.4. The third kappa shape index (κ3) is 3.70. The Kier molecular flexibility index (Phi) is 4.34. The lowest BCUT2D eigenvalue weighted by Gasteiger charge is -2.02. The van der Waals surface area contributed by atoms with Gasteiger partial charge in [-0.25, -0.2) is 9.78 Å². The second-order valence-electron chi connectivity index (χ2n) is 3.84. The number of urea groups is 1. The van der Waals surface area contributed by atoms with Crippen LogP contribution in [0.4, 0.5) is 4.79 Å². The van der Waals surface area contributed by atoms with Crippen molar-refractivity contribution in [1.82, 2.24) is 15.6 Å². The Hall–Kier alpha value is -2.56. The molecule has 0 spiro atoms. The van der Waals surface area contributed by atoms with Gasteiger partial charge in [0.25, 0.3) is 0 Å². The van der Waals surface area contributed by atoms with Crippen molar-refractivity contribution in [1.29, 1.82) is 0 Å². The van der Waals surface area contributed by atoms with E-state index in [2.05, 4.69) is 22.2 Å². The lowest BCUT2D eigenvalue weighted by atomic mass is 10.2. The van der Waals surface area contributed by atoms with Crippen LogP contribution in [0.25, 0.3) is 11.3 Å². The number of aromatic nitrogens is 1. The van der Waals surface area contributed by atoms with Gasteiger partial charge in [0.2, 0.25) is 5.89 Å². The summed E-state index contributed by atoms with van der Waals surface area (Å²) in [6, 6.07) is 9.39. The third-order valence-electron chi connectivity index (χ3n) is 2.42. The van der Waals surface area contributed by atoms with Crippen LogP contribution in [0, 0.1) is 0 Å². The number of hydrogen-bond donors (Lipinski definition) is 2. The summed E-state index contributed by atoms with van der Waals surface area (Å²) in [7, 11) is 0. The van der Waals surface area contributed by atoms with E-state index in [0.29, 0.717) is 18.2 Å². The normalized spacial score (nSPS) is 9.89. The van der Waals surface area contributed by atoms with Crippen molar-refractivity contribution in [3.8, 4) is 11.3 Å². The van der Waals surface area contributed by atoms with E-state index in [0.717, 1.165) is 5.56 Å². The Morgan fingerprint density at radius 2 is 2.11 bits per heavy atom. The topological polar surface area (TPSA) is 67.2 Å². The molecule has 0 aliphatic rings. The van der Waals surface area contributed by atoms with Crippen molar-refractivity contribution in [3.63, 3.8) is 0 Å². The van der Waals surface area contributed by atoms with Crippen molar-refractivity contribution >= 4 is 6.03 Å². The van der Waals surface area contributed by atoms with Crippen LogP contribution < -0.4 is 10.6 Å². The molecule has 0 fully saturated rings. The predicted octanol–water partition coefficient (Wildman–Crippen LogP) is 2.33. The molecule has 2 rings (SSSR count). The van der Waals surface area contributed by atoms with Crippen LogP contribution in [-0.4, -0.2) is 17.6 Å². The summed E-state index contributed by atoms with van der Waals surface area (Å²) in [5.41, 5.74) is 0.956. The second kappa shape index (κ2) is 6.39. The van der Waals surface area contributed by atoms with Crippen LogP contribution in [0.3, 0.4) is 0 Å². The highest BCUT2D eigenvalue weighted by Gasteiger charge is 2.06. The van der Waals surface area contributed by atoms with E-state index >= 15 is 0 Å². The zero-order valence-electron chi connectivity index (χ0n) is 10.4. The molecule has 98 valence electrons. The molecule has 5 nitrogen and oxygen atoms in total. The van der Waals surface area contributed by atoms with Gasteiger partial charge in [0, 0.05) is 12.1 Å². The SMILES string of the molecule is C=CCNC(=O)NCc1ncc(-c2ccccc2)o1. The molecule has 5 heteroatoms. The summed E-state index contributed by atoms with van der Waals surface area (Å²) in [6.07, 6.45) is 3.26. The first-order chi connectivity index (χ1) is 9.29. The number of hydrogen-bond acceptors (Lipinski definition) is 3. The van der Waals surface area contributed by atoms with E-state index < -0.39 is 0 Å². The molecule has 1 heterocycles. The molecule has 0 radical (unpaired) electrons. The van der Waals surface area contributed by atoms with Crippen molar-refractivity contribution in [3.05, 3.63) is 55.1 Å². The first kappa shape index (κ1) is 12.9. The van der Waals surface area contributed by atoms with Gasteiger partial charge >= 0.3 is 6.03 Å². The quantitative estimate of drug-likeness (QED) is 0.808. The van der Waals surface area contributed by atoms with Gasteiger partial charge < -0.3 is 15.1 Å². The van der Waals surface area contributed by atoms with Gasteiger partial charge in [0.1, 0.15) is 0 Å². The molecule has 2 N–H and O–H groups in total. The van der Waals surface area contributed by atoms with Gasteiger partial charge in [-0.2, -0.15) is 0 Å². The number of rotatable bonds is 5. The average Bonchev–Trinajstić information content (AvgIpc) is 2.93. The zero-order valence-corrected chi connectivity index (χ0v) is 10.4. The fourth-order valence-corrected chi connectivity index (χ4v) is 1.51. The number of carbonyl (C=O) groups excluding carboxylic acids is 1. The summed E-state index contributed by atoms with van der Waals surface area (Å²) in [5, 5.41) is 5.25. The van der Waals surface area contributed by atoms with Crippen LogP contribution in [-0.2, 0) is 6.54 Å². The minimum Gasteiger partial charge on any atom is -0.439 e. The maximum atomic E-state index is 11.3. The minimum absolute atomic E-state index is 0.246. The van der Waals surface area contributed by atoms with E-state index in [9.17, 15) is 4.79 Å². The molecule has 19 heavy (non-hydrogen) atoms. The van der Waals surface area contributed by atoms with Gasteiger partial charge in [0.05, 0.1) is 12.7 Å². The Labute approximate surface area is 111 Å². The molecular weight excluding hydrogens is 242 g/mol. The molecule has 0 saturated heterocycles. The molecule has 0 aliphatic heterocycles. The van der Waals surface area contributed by atoms with Crippen LogP contribution in [0.5, 0.6) is 0 Å². The van der Waals surface area contributed by atoms with Crippen LogP contribution >= 0.6 is 0 Å². The fraction of sp³-hybridized carbons (Fsp3) is 0.143.